The van der Waals surface area contributed by atoms with E-state index >= 15 is 0 Å². The first kappa shape index (κ1) is 22.0. The third-order valence-corrected chi connectivity index (χ3v) is 6.41. The molecule has 30 heavy (non-hydrogen) atoms. The Morgan fingerprint density at radius 1 is 0.967 bits per heavy atom. The monoisotopic (exact) mass is 442 g/mol. The van der Waals surface area contributed by atoms with Crippen LogP contribution in [-0.2, 0) is 21.2 Å². The Balaban J connectivity index is 1.88. The number of rotatable bonds is 7. The van der Waals surface area contributed by atoms with Gasteiger partial charge in [-0.1, -0.05) is 65.7 Å². The first-order valence-corrected chi connectivity index (χ1v) is 11.3. The van der Waals surface area contributed by atoms with Gasteiger partial charge in [-0.2, -0.15) is 4.72 Å². The Hall–Kier alpha value is -2.67. The van der Waals surface area contributed by atoms with Gasteiger partial charge in [0, 0.05) is 10.7 Å². The highest BCUT2D eigenvalue weighted by Gasteiger charge is 2.26. The lowest BCUT2D eigenvalue weighted by molar-refractivity contribution is -0.117. The number of halogens is 1. The van der Waals surface area contributed by atoms with E-state index < -0.39 is 22.0 Å². The number of aryl methyl sites for hydroxylation is 2. The summed E-state index contributed by atoms with van der Waals surface area (Å²) in [5.74, 6) is -0.458. The molecule has 7 heteroatoms. The van der Waals surface area contributed by atoms with Crippen molar-refractivity contribution in [3.8, 4) is 0 Å². The van der Waals surface area contributed by atoms with Crippen LogP contribution in [0.25, 0.3) is 0 Å². The molecular weight excluding hydrogens is 420 g/mol. The predicted octanol–water partition coefficient (Wildman–Crippen LogP) is 4.49. The zero-order valence-corrected chi connectivity index (χ0v) is 18.3. The average molecular weight is 443 g/mol. The molecule has 156 valence electrons. The fraction of sp³-hybridized carbons (Fsp3) is 0.174. The molecule has 0 radical (unpaired) electrons. The number of benzene rings is 3. The van der Waals surface area contributed by atoms with E-state index in [1.54, 1.807) is 30.3 Å². The van der Waals surface area contributed by atoms with Gasteiger partial charge in [0.05, 0.1) is 4.90 Å². The van der Waals surface area contributed by atoms with Gasteiger partial charge in [0.15, 0.2) is 0 Å². The molecule has 1 unspecified atom stereocenters. The Bertz CT molecular complexity index is 1130. The summed E-state index contributed by atoms with van der Waals surface area (Å²) in [6, 6.07) is 19.9. The molecule has 0 saturated carbocycles. The maximum Gasteiger partial charge on any atom is 0.242 e. The second-order valence-electron chi connectivity index (χ2n) is 7.13. The van der Waals surface area contributed by atoms with Crippen LogP contribution in [0.2, 0.25) is 5.02 Å². The zero-order valence-electron chi connectivity index (χ0n) is 16.7. The van der Waals surface area contributed by atoms with Crippen LogP contribution in [0.4, 0.5) is 5.69 Å². The standard InChI is InChI=1S/C23H23ClN2O3S/c1-16-8-12-20(13-9-16)30(28,29)26-22(14-18-6-4-3-5-7-18)23(27)25-21-15-19(24)11-10-17(21)2/h3-13,15,22,26H,14H2,1-2H3,(H,25,27). The molecule has 3 rings (SSSR count). The van der Waals surface area contributed by atoms with Crippen molar-refractivity contribution in [2.45, 2.75) is 31.2 Å². The van der Waals surface area contributed by atoms with Crippen molar-refractivity contribution in [2.75, 3.05) is 5.32 Å². The van der Waals surface area contributed by atoms with Crippen LogP contribution in [0.1, 0.15) is 16.7 Å². The summed E-state index contributed by atoms with van der Waals surface area (Å²) in [5.41, 5.74) is 3.16. The molecule has 0 spiro atoms. The van der Waals surface area contributed by atoms with E-state index in [1.165, 1.54) is 12.1 Å². The van der Waals surface area contributed by atoms with Crippen molar-refractivity contribution in [1.29, 1.82) is 0 Å². The second-order valence-corrected chi connectivity index (χ2v) is 9.28. The van der Waals surface area contributed by atoms with Crippen molar-refractivity contribution in [3.63, 3.8) is 0 Å². The Kier molecular flexibility index (Phi) is 6.92. The molecule has 1 atom stereocenters. The number of carbonyl (C=O) groups is 1. The number of carbonyl (C=O) groups excluding carboxylic acids is 1. The van der Waals surface area contributed by atoms with Gasteiger partial charge in [0.25, 0.3) is 0 Å². The summed E-state index contributed by atoms with van der Waals surface area (Å²) in [6.07, 6.45) is 0.206. The quantitative estimate of drug-likeness (QED) is 0.566. The Morgan fingerprint density at radius 2 is 1.63 bits per heavy atom. The van der Waals surface area contributed by atoms with Gasteiger partial charge in [-0.05, 0) is 55.7 Å². The molecular formula is C23H23ClN2O3S. The Labute approximate surface area is 182 Å². The maximum absolute atomic E-state index is 13.1. The highest BCUT2D eigenvalue weighted by atomic mass is 35.5. The maximum atomic E-state index is 13.1. The van der Waals surface area contributed by atoms with E-state index in [0.717, 1.165) is 16.7 Å². The second kappa shape index (κ2) is 9.43. The lowest BCUT2D eigenvalue weighted by Gasteiger charge is -2.20. The molecule has 3 aromatic rings. The minimum atomic E-state index is -3.89. The largest absolute Gasteiger partial charge is 0.324 e. The molecule has 0 fully saturated rings. The summed E-state index contributed by atoms with van der Waals surface area (Å²) < 4.78 is 28.4. The van der Waals surface area contributed by atoms with Gasteiger partial charge in [-0.25, -0.2) is 8.42 Å². The third kappa shape index (κ3) is 5.69. The molecule has 2 N–H and O–H groups in total. The Morgan fingerprint density at radius 3 is 2.30 bits per heavy atom. The van der Waals surface area contributed by atoms with E-state index in [0.29, 0.717) is 10.7 Å². The molecule has 5 nitrogen and oxygen atoms in total. The van der Waals surface area contributed by atoms with Crippen molar-refractivity contribution >= 4 is 33.2 Å². The van der Waals surface area contributed by atoms with Gasteiger partial charge >= 0.3 is 0 Å². The topological polar surface area (TPSA) is 75.3 Å². The van der Waals surface area contributed by atoms with Crippen molar-refractivity contribution in [3.05, 3.63) is 94.5 Å². The number of nitrogens with one attached hydrogen (secondary N) is 2. The van der Waals surface area contributed by atoms with Gasteiger partial charge in [-0.3, -0.25) is 4.79 Å². The molecule has 0 aliphatic carbocycles. The molecule has 0 aromatic heterocycles. The molecule has 0 aliphatic rings. The fourth-order valence-electron chi connectivity index (χ4n) is 2.96. The lowest BCUT2D eigenvalue weighted by atomic mass is 10.1. The smallest absolute Gasteiger partial charge is 0.242 e. The van der Waals surface area contributed by atoms with Crippen LogP contribution >= 0.6 is 11.6 Å². The van der Waals surface area contributed by atoms with E-state index in [4.69, 9.17) is 11.6 Å². The number of hydrogen-bond donors (Lipinski definition) is 2. The fourth-order valence-corrected chi connectivity index (χ4v) is 4.33. The summed E-state index contributed by atoms with van der Waals surface area (Å²) >= 11 is 6.05. The minimum Gasteiger partial charge on any atom is -0.324 e. The zero-order chi connectivity index (χ0) is 21.7. The lowest BCUT2D eigenvalue weighted by Crippen LogP contribution is -2.45. The molecule has 1 amide bonds. The van der Waals surface area contributed by atoms with Gasteiger partial charge in [0.1, 0.15) is 6.04 Å². The van der Waals surface area contributed by atoms with Crippen LogP contribution in [0, 0.1) is 13.8 Å². The SMILES string of the molecule is Cc1ccc(S(=O)(=O)NC(Cc2ccccc2)C(=O)Nc2cc(Cl)ccc2C)cc1. The van der Waals surface area contributed by atoms with E-state index in [1.807, 2.05) is 44.2 Å². The summed E-state index contributed by atoms with van der Waals surface area (Å²) in [6.45, 7) is 3.72. The van der Waals surface area contributed by atoms with Crippen molar-refractivity contribution in [1.82, 2.24) is 4.72 Å². The molecule has 3 aromatic carbocycles. The van der Waals surface area contributed by atoms with Crippen LogP contribution < -0.4 is 10.0 Å². The predicted molar refractivity (Wildman–Crippen MR) is 120 cm³/mol. The summed E-state index contributed by atoms with van der Waals surface area (Å²) in [4.78, 5) is 13.2. The first-order chi connectivity index (χ1) is 14.2. The van der Waals surface area contributed by atoms with Crippen LogP contribution in [-0.4, -0.2) is 20.4 Å². The normalized spacial score (nSPS) is 12.4. The molecule has 0 heterocycles. The average Bonchev–Trinajstić information content (AvgIpc) is 2.71. The number of anilines is 1. The van der Waals surface area contributed by atoms with Crippen LogP contribution in [0.3, 0.4) is 0 Å². The van der Waals surface area contributed by atoms with Crippen LogP contribution in [0.5, 0.6) is 0 Å². The van der Waals surface area contributed by atoms with Crippen molar-refractivity contribution in [2.24, 2.45) is 0 Å². The summed E-state index contributed by atoms with van der Waals surface area (Å²) in [7, 11) is -3.89. The summed E-state index contributed by atoms with van der Waals surface area (Å²) in [5, 5.41) is 3.29. The van der Waals surface area contributed by atoms with Gasteiger partial charge in [0.2, 0.25) is 15.9 Å². The van der Waals surface area contributed by atoms with Crippen LogP contribution in [0.15, 0.2) is 77.7 Å². The van der Waals surface area contributed by atoms with Gasteiger partial charge < -0.3 is 5.32 Å². The highest BCUT2D eigenvalue weighted by molar-refractivity contribution is 7.89. The molecule has 0 aliphatic heterocycles. The minimum absolute atomic E-state index is 0.109. The highest BCUT2D eigenvalue weighted by Crippen LogP contribution is 2.21. The van der Waals surface area contributed by atoms with E-state index in [9.17, 15) is 13.2 Å². The van der Waals surface area contributed by atoms with Crippen molar-refractivity contribution < 1.29 is 13.2 Å². The number of hydrogen-bond acceptors (Lipinski definition) is 3. The number of amides is 1. The first-order valence-electron chi connectivity index (χ1n) is 9.44. The third-order valence-electron chi connectivity index (χ3n) is 4.69. The molecule has 0 bridgehead atoms. The number of sulfonamides is 1. The van der Waals surface area contributed by atoms with E-state index in [-0.39, 0.29) is 11.3 Å². The van der Waals surface area contributed by atoms with E-state index in [2.05, 4.69) is 10.0 Å². The van der Waals surface area contributed by atoms with Gasteiger partial charge in [-0.15, -0.1) is 0 Å². The molecule has 0 saturated heterocycles.